The van der Waals surface area contributed by atoms with Crippen LogP contribution in [0.5, 0.6) is 0 Å². The quantitative estimate of drug-likeness (QED) is 0.858. The maximum absolute atomic E-state index is 12.4. The molecule has 1 heterocycles. The maximum Gasteiger partial charge on any atom is 0.237 e. The van der Waals surface area contributed by atoms with Crippen LogP contribution in [0.25, 0.3) is 0 Å². The van der Waals surface area contributed by atoms with E-state index in [0.29, 0.717) is 12.6 Å². The van der Waals surface area contributed by atoms with Crippen LogP contribution in [0, 0.1) is 23.2 Å². The van der Waals surface area contributed by atoms with Gasteiger partial charge < -0.3 is 15.0 Å². The van der Waals surface area contributed by atoms with Crippen molar-refractivity contribution in [2.45, 2.75) is 63.1 Å². The Hall–Kier alpha value is -1.12. The van der Waals surface area contributed by atoms with E-state index in [-0.39, 0.29) is 17.5 Å². The lowest BCUT2D eigenvalue weighted by atomic mass is 9.95. The Kier molecular flexibility index (Phi) is 4.42. The van der Waals surface area contributed by atoms with Crippen LogP contribution in [0.3, 0.4) is 0 Å². The van der Waals surface area contributed by atoms with E-state index in [9.17, 15) is 4.79 Å². The molecule has 0 aromatic rings. The highest BCUT2D eigenvalue weighted by molar-refractivity contribution is 5.79. The third kappa shape index (κ3) is 3.00. The van der Waals surface area contributed by atoms with Crippen molar-refractivity contribution in [3.05, 3.63) is 0 Å². The predicted molar refractivity (Wildman–Crippen MR) is 83.0 cm³/mol. The molecule has 22 heavy (non-hydrogen) atoms. The fourth-order valence-electron chi connectivity index (χ4n) is 4.82. The number of carbonyl (C=O) groups is 1. The minimum Gasteiger partial charge on any atom is -0.381 e. The smallest absolute Gasteiger partial charge is 0.237 e. The first-order valence-corrected chi connectivity index (χ1v) is 8.51. The van der Waals surface area contributed by atoms with Crippen molar-refractivity contribution >= 4 is 5.91 Å². The first-order chi connectivity index (χ1) is 10.5. The van der Waals surface area contributed by atoms with E-state index < -0.39 is 0 Å². The number of likely N-dealkylation sites (tertiary alicyclic amines) is 1. The van der Waals surface area contributed by atoms with Crippen LogP contribution in [0.1, 0.15) is 45.4 Å². The molecular weight excluding hydrogens is 278 g/mol. The summed E-state index contributed by atoms with van der Waals surface area (Å²) in [5.41, 5.74) is 0.0611. The molecule has 3 rings (SSSR count). The molecule has 3 aliphatic rings. The number of ether oxygens (including phenoxy) is 1. The average Bonchev–Trinajstić information content (AvgIpc) is 3.17. The summed E-state index contributed by atoms with van der Waals surface area (Å²) in [6, 6.07) is 2.02. The highest BCUT2D eigenvalue weighted by Crippen LogP contribution is 2.49. The predicted octanol–water partition coefficient (Wildman–Crippen LogP) is 1.68. The number of carbonyl (C=O) groups excluding carboxylic acids is 1. The average molecular weight is 305 g/mol. The second-order valence-corrected chi connectivity index (χ2v) is 7.55. The van der Waals surface area contributed by atoms with E-state index in [2.05, 4.69) is 18.3 Å². The number of nitrogens with zero attached hydrogens (tertiary/aromatic N) is 2. The lowest BCUT2D eigenvalue weighted by Crippen LogP contribution is -2.48. The molecule has 2 saturated carbocycles. The number of fused-ring (bicyclic) bond motifs is 1. The topological polar surface area (TPSA) is 65.4 Å². The van der Waals surface area contributed by atoms with Crippen LogP contribution in [0.4, 0.5) is 0 Å². The summed E-state index contributed by atoms with van der Waals surface area (Å²) >= 11 is 0. The van der Waals surface area contributed by atoms with E-state index in [0.717, 1.165) is 56.9 Å². The third-order valence-corrected chi connectivity index (χ3v) is 5.95. The SMILES string of the molecule is COC1C[C@@H]2CC(C)(NCC(=O)N3CCCC3C#N)C[C@@H]2C1. The molecule has 0 bridgehead atoms. The van der Waals surface area contributed by atoms with E-state index in [4.69, 9.17) is 10.00 Å². The van der Waals surface area contributed by atoms with Crippen LogP contribution in [0.15, 0.2) is 0 Å². The number of nitrogens with one attached hydrogen (secondary N) is 1. The molecule has 3 fully saturated rings. The molecule has 3 unspecified atom stereocenters. The van der Waals surface area contributed by atoms with Gasteiger partial charge in [0, 0.05) is 19.2 Å². The molecule has 1 saturated heterocycles. The lowest BCUT2D eigenvalue weighted by Gasteiger charge is -2.29. The summed E-state index contributed by atoms with van der Waals surface area (Å²) in [5.74, 6) is 1.55. The zero-order valence-electron chi connectivity index (χ0n) is 13.7. The zero-order valence-corrected chi connectivity index (χ0v) is 13.7. The molecular formula is C17H27N3O2. The molecule has 2 aliphatic carbocycles. The fraction of sp³-hybridized carbons (Fsp3) is 0.882. The Morgan fingerprint density at radius 1 is 1.41 bits per heavy atom. The highest BCUT2D eigenvalue weighted by Gasteiger charge is 2.47. The molecule has 0 aromatic carbocycles. The van der Waals surface area contributed by atoms with Crippen LogP contribution in [-0.2, 0) is 9.53 Å². The lowest BCUT2D eigenvalue weighted by molar-refractivity contribution is -0.130. The second kappa shape index (κ2) is 6.17. The molecule has 5 nitrogen and oxygen atoms in total. The van der Waals surface area contributed by atoms with Crippen LogP contribution >= 0.6 is 0 Å². The van der Waals surface area contributed by atoms with E-state index in [1.165, 1.54) is 0 Å². The maximum atomic E-state index is 12.4. The first kappa shape index (κ1) is 15.8. The zero-order chi connectivity index (χ0) is 15.7. The second-order valence-electron chi connectivity index (χ2n) is 7.55. The van der Waals surface area contributed by atoms with Crippen molar-refractivity contribution in [1.82, 2.24) is 10.2 Å². The fourth-order valence-corrected chi connectivity index (χ4v) is 4.82. The molecule has 0 spiro atoms. The number of nitriles is 1. The third-order valence-electron chi connectivity index (χ3n) is 5.95. The summed E-state index contributed by atoms with van der Waals surface area (Å²) in [6.07, 6.45) is 6.79. The summed E-state index contributed by atoms with van der Waals surface area (Å²) in [7, 11) is 1.81. The van der Waals surface area contributed by atoms with Gasteiger partial charge in [-0.3, -0.25) is 4.79 Å². The minimum absolute atomic E-state index is 0.0611. The normalized spacial score (nSPS) is 40.7. The van der Waals surface area contributed by atoms with Crippen LogP contribution < -0.4 is 5.32 Å². The molecule has 0 radical (unpaired) electrons. The van der Waals surface area contributed by atoms with Gasteiger partial charge in [-0.1, -0.05) is 0 Å². The highest BCUT2D eigenvalue weighted by atomic mass is 16.5. The first-order valence-electron chi connectivity index (χ1n) is 8.51. The van der Waals surface area contributed by atoms with Crippen molar-refractivity contribution in [2.24, 2.45) is 11.8 Å². The van der Waals surface area contributed by atoms with Crippen molar-refractivity contribution in [1.29, 1.82) is 5.26 Å². The summed E-state index contributed by atoms with van der Waals surface area (Å²) in [4.78, 5) is 14.1. The van der Waals surface area contributed by atoms with Crippen LogP contribution in [0.2, 0.25) is 0 Å². The summed E-state index contributed by atoms with van der Waals surface area (Å²) < 4.78 is 5.49. The van der Waals surface area contributed by atoms with Gasteiger partial charge in [0.15, 0.2) is 0 Å². The summed E-state index contributed by atoms with van der Waals surface area (Å²) in [5, 5.41) is 12.6. The number of hydrogen-bond donors (Lipinski definition) is 1. The Bertz CT molecular complexity index is 459. The number of amides is 1. The van der Waals surface area contributed by atoms with Crippen molar-refractivity contribution in [3.8, 4) is 6.07 Å². The summed E-state index contributed by atoms with van der Waals surface area (Å²) in [6.45, 7) is 3.34. The Labute approximate surface area is 133 Å². The van der Waals surface area contributed by atoms with Gasteiger partial charge in [0.1, 0.15) is 6.04 Å². The van der Waals surface area contributed by atoms with Gasteiger partial charge in [0.2, 0.25) is 5.91 Å². The van der Waals surface area contributed by atoms with Crippen molar-refractivity contribution in [2.75, 3.05) is 20.2 Å². The Balaban J connectivity index is 1.50. The van der Waals surface area contributed by atoms with Crippen LogP contribution in [-0.4, -0.2) is 48.7 Å². The van der Waals surface area contributed by atoms with Gasteiger partial charge >= 0.3 is 0 Å². The molecule has 5 atom stereocenters. The van der Waals surface area contributed by atoms with Crippen molar-refractivity contribution < 1.29 is 9.53 Å². The van der Waals surface area contributed by atoms with Gasteiger partial charge in [0.25, 0.3) is 0 Å². The standard InChI is InChI=1S/C17H27N3O2/c1-17(8-12-6-15(22-2)7-13(12)9-17)19-11-16(21)20-5-3-4-14(20)10-18/h12-15,19H,3-9,11H2,1-2H3/t12-,13+,14?,15?,17?. The number of hydrogen-bond acceptors (Lipinski definition) is 4. The van der Waals surface area contributed by atoms with Gasteiger partial charge in [0.05, 0.1) is 18.7 Å². The minimum atomic E-state index is -0.215. The molecule has 0 aromatic heterocycles. The number of methoxy groups -OCH3 is 1. The molecule has 1 N–H and O–H groups in total. The van der Waals surface area contributed by atoms with Gasteiger partial charge in [-0.25, -0.2) is 0 Å². The number of rotatable bonds is 4. The molecule has 1 amide bonds. The Morgan fingerprint density at radius 3 is 2.68 bits per heavy atom. The van der Waals surface area contributed by atoms with Crippen molar-refractivity contribution in [3.63, 3.8) is 0 Å². The van der Waals surface area contributed by atoms with E-state index in [1.807, 2.05) is 7.11 Å². The molecule has 1 aliphatic heterocycles. The molecule has 122 valence electrons. The van der Waals surface area contributed by atoms with Gasteiger partial charge in [-0.15, -0.1) is 0 Å². The monoisotopic (exact) mass is 305 g/mol. The van der Waals surface area contributed by atoms with E-state index >= 15 is 0 Å². The van der Waals surface area contributed by atoms with E-state index in [1.54, 1.807) is 4.90 Å². The van der Waals surface area contributed by atoms with Gasteiger partial charge in [-0.05, 0) is 57.3 Å². The molecule has 5 heteroatoms. The Morgan fingerprint density at radius 2 is 2.09 bits per heavy atom. The largest absolute Gasteiger partial charge is 0.381 e. The van der Waals surface area contributed by atoms with Gasteiger partial charge in [-0.2, -0.15) is 5.26 Å².